The van der Waals surface area contributed by atoms with E-state index in [-0.39, 0.29) is 12.0 Å². The second-order valence-corrected chi connectivity index (χ2v) is 5.18. The SMILES string of the molecule is COc1cccc(C(=O)N2CC(Oc3ccc(C#N)cn3)C2)c1. The number of pyridine rings is 1. The third kappa shape index (κ3) is 3.24. The van der Waals surface area contributed by atoms with Crippen LogP contribution < -0.4 is 9.47 Å². The molecule has 0 radical (unpaired) electrons. The molecule has 1 aliphatic rings. The molecule has 2 aromatic rings. The second-order valence-electron chi connectivity index (χ2n) is 5.18. The predicted octanol–water partition coefficient (Wildman–Crippen LogP) is 1.87. The lowest BCUT2D eigenvalue weighted by atomic mass is 10.1. The van der Waals surface area contributed by atoms with E-state index in [0.717, 1.165) is 0 Å². The van der Waals surface area contributed by atoms with Crippen molar-refractivity contribution in [2.24, 2.45) is 0 Å². The molecule has 0 unspecified atom stereocenters. The Hall–Kier alpha value is -3.07. The van der Waals surface area contributed by atoms with Gasteiger partial charge in [0.05, 0.1) is 25.8 Å². The normalized spacial score (nSPS) is 13.8. The van der Waals surface area contributed by atoms with Gasteiger partial charge in [-0.2, -0.15) is 5.26 Å². The number of methoxy groups -OCH3 is 1. The number of hydrogen-bond donors (Lipinski definition) is 0. The summed E-state index contributed by atoms with van der Waals surface area (Å²) in [6.45, 7) is 1.02. The lowest BCUT2D eigenvalue weighted by molar-refractivity contribution is 0.0160. The van der Waals surface area contributed by atoms with Crippen molar-refractivity contribution in [3.05, 3.63) is 53.7 Å². The Balaban J connectivity index is 1.55. The summed E-state index contributed by atoms with van der Waals surface area (Å²) in [7, 11) is 1.57. The molecule has 0 aliphatic carbocycles. The Morgan fingerprint density at radius 1 is 1.35 bits per heavy atom. The third-order valence-corrected chi connectivity index (χ3v) is 3.60. The molecule has 6 nitrogen and oxygen atoms in total. The van der Waals surface area contributed by atoms with E-state index in [1.165, 1.54) is 6.20 Å². The number of carbonyl (C=O) groups is 1. The minimum atomic E-state index is -0.0787. The van der Waals surface area contributed by atoms with E-state index in [1.807, 2.05) is 6.07 Å². The molecule has 23 heavy (non-hydrogen) atoms. The largest absolute Gasteiger partial charge is 0.497 e. The highest BCUT2D eigenvalue weighted by atomic mass is 16.5. The lowest BCUT2D eigenvalue weighted by Crippen LogP contribution is -2.56. The summed E-state index contributed by atoms with van der Waals surface area (Å²) in [6.07, 6.45) is 1.39. The molecule has 0 bridgehead atoms. The van der Waals surface area contributed by atoms with Gasteiger partial charge >= 0.3 is 0 Å². The molecule has 1 aliphatic heterocycles. The van der Waals surface area contributed by atoms with E-state index in [4.69, 9.17) is 14.7 Å². The minimum absolute atomic E-state index is 0.0449. The van der Waals surface area contributed by atoms with Crippen LogP contribution in [0.25, 0.3) is 0 Å². The highest BCUT2D eigenvalue weighted by Gasteiger charge is 2.33. The minimum Gasteiger partial charge on any atom is -0.497 e. The van der Waals surface area contributed by atoms with Gasteiger partial charge in [-0.25, -0.2) is 4.98 Å². The van der Waals surface area contributed by atoms with Crippen molar-refractivity contribution in [1.29, 1.82) is 5.26 Å². The van der Waals surface area contributed by atoms with E-state index in [2.05, 4.69) is 4.98 Å². The van der Waals surface area contributed by atoms with Crippen molar-refractivity contribution in [2.75, 3.05) is 20.2 Å². The van der Waals surface area contributed by atoms with Crippen LogP contribution in [0.4, 0.5) is 0 Å². The van der Waals surface area contributed by atoms with Crippen molar-refractivity contribution >= 4 is 5.91 Å². The molecule has 2 heterocycles. The number of nitriles is 1. The van der Waals surface area contributed by atoms with Gasteiger partial charge < -0.3 is 14.4 Å². The van der Waals surface area contributed by atoms with E-state index >= 15 is 0 Å². The highest BCUT2D eigenvalue weighted by Crippen LogP contribution is 2.20. The fraction of sp³-hybridized carbons (Fsp3) is 0.235. The van der Waals surface area contributed by atoms with Gasteiger partial charge in [0.25, 0.3) is 5.91 Å². The average molecular weight is 309 g/mol. The molecule has 0 atom stereocenters. The number of nitrogens with zero attached hydrogens (tertiary/aromatic N) is 3. The molecule has 1 aromatic carbocycles. The molecule has 3 rings (SSSR count). The van der Waals surface area contributed by atoms with Crippen LogP contribution in [0, 0.1) is 11.3 Å². The van der Waals surface area contributed by atoms with Crippen LogP contribution in [0.5, 0.6) is 11.6 Å². The number of aromatic nitrogens is 1. The lowest BCUT2D eigenvalue weighted by Gasteiger charge is -2.38. The topological polar surface area (TPSA) is 75.4 Å². The Morgan fingerprint density at radius 3 is 2.83 bits per heavy atom. The van der Waals surface area contributed by atoms with E-state index < -0.39 is 0 Å². The van der Waals surface area contributed by atoms with E-state index in [0.29, 0.717) is 35.8 Å². The highest BCUT2D eigenvalue weighted by molar-refractivity contribution is 5.95. The molecule has 116 valence electrons. The Labute approximate surface area is 133 Å². The van der Waals surface area contributed by atoms with Gasteiger partial charge in [0.15, 0.2) is 0 Å². The van der Waals surface area contributed by atoms with Crippen LogP contribution in [-0.2, 0) is 0 Å². The van der Waals surface area contributed by atoms with Gasteiger partial charge in [-0.05, 0) is 24.3 Å². The molecule has 1 saturated heterocycles. The number of likely N-dealkylation sites (tertiary alicyclic amines) is 1. The standard InChI is InChI=1S/C17H15N3O3/c1-22-14-4-2-3-13(7-14)17(21)20-10-15(11-20)23-16-6-5-12(8-18)9-19-16/h2-7,9,15H,10-11H2,1H3. The Bertz CT molecular complexity index is 746. The van der Waals surface area contributed by atoms with Crippen LogP contribution in [-0.4, -0.2) is 42.1 Å². The zero-order valence-electron chi connectivity index (χ0n) is 12.6. The summed E-state index contributed by atoms with van der Waals surface area (Å²) in [5.74, 6) is 1.07. The number of rotatable bonds is 4. The predicted molar refractivity (Wildman–Crippen MR) is 82.3 cm³/mol. The molecule has 0 N–H and O–H groups in total. The van der Waals surface area contributed by atoms with Crippen molar-refractivity contribution in [2.45, 2.75) is 6.10 Å². The van der Waals surface area contributed by atoms with Gasteiger partial charge in [-0.15, -0.1) is 0 Å². The van der Waals surface area contributed by atoms with Crippen molar-refractivity contribution < 1.29 is 14.3 Å². The maximum atomic E-state index is 12.3. The van der Waals surface area contributed by atoms with Gasteiger partial charge in [0, 0.05) is 17.8 Å². The van der Waals surface area contributed by atoms with Crippen molar-refractivity contribution in [1.82, 2.24) is 9.88 Å². The number of amides is 1. The van der Waals surface area contributed by atoms with Gasteiger partial charge in [-0.1, -0.05) is 6.07 Å². The van der Waals surface area contributed by atoms with Crippen LogP contribution in [0.15, 0.2) is 42.6 Å². The van der Waals surface area contributed by atoms with Crippen molar-refractivity contribution in [3.8, 4) is 17.7 Å². The maximum absolute atomic E-state index is 12.3. The summed E-state index contributed by atoms with van der Waals surface area (Å²) in [6, 6.07) is 12.4. The zero-order chi connectivity index (χ0) is 16.2. The molecule has 0 saturated carbocycles. The van der Waals surface area contributed by atoms with Crippen LogP contribution >= 0.6 is 0 Å². The molecular weight excluding hydrogens is 294 g/mol. The summed E-state index contributed by atoms with van der Waals surface area (Å²) < 4.78 is 10.8. The van der Waals surface area contributed by atoms with E-state index in [1.54, 1.807) is 48.4 Å². The smallest absolute Gasteiger partial charge is 0.254 e. The van der Waals surface area contributed by atoms with E-state index in [9.17, 15) is 4.79 Å². The Morgan fingerprint density at radius 2 is 2.17 bits per heavy atom. The zero-order valence-corrected chi connectivity index (χ0v) is 12.6. The molecule has 0 spiro atoms. The van der Waals surface area contributed by atoms with Crippen molar-refractivity contribution in [3.63, 3.8) is 0 Å². The monoisotopic (exact) mass is 309 g/mol. The summed E-state index contributed by atoms with van der Waals surface area (Å²) >= 11 is 0. The maximum Gasteiger partial charge on any atom is 0.254 e. The number of carbonyl (C=O) groups excluding carboxylic acids is 1. The van der Waals surface area contributed by atoms with Crippen LogP contribution in [0.2, 0.25) is 0 Å². The summed E-state index contributed by atoms with van der Waals surface area (Å²) in [4.78, 5) is 18.1. The molecule has 1 amide bonds. The fourth-order valence-corrected chi connectivity index (χ4v) is 2.30. The summed E-state index contributed by atoms with van der Waals surface area (Å²) in [5.41, 5.74) is 1.08. The molecule has 6 heteroatoms. The number of benzene rings is 1. The van der Waals surface area contributed by atoms with Gasteiger partial charge in [0.1, 0.15) is 17.9 Å². The summed E-state index contributed by atoms with van der Waals surface area (Å²) in [5, 5.41) is 8.73. The van der Waals surface area contributed by atoms with Gasteiger partial charge in [0.2, 0.25) is 5.88 Å². The molecule has 1 aromatic heterocycles. The third-order valence-electron chi connectivity index (χ3n) is 3.60. The van der Waals surface area contributed by atoms with Crippen LogP contribution in [0.3, 0.4) is 0 Å². The fourth-order valence-electron chi connectivity index (χ4n) is 2.30. The second kappa shape index (κ2) is 6.36. The first kappa shape index (κ1) is 14.9. The molecule has 1 fully saturated rings. The molecular formula is C17H15N3O3. The van der Waals surface area contributed by atoms with Gasteiger partial charge in [-0.3, -0.25) is 4.79 Å². The number of hydrogen-bond acceptors (Lipinski definition) is 5. The number of ether oxygens (including phenoxy) is 2. The quantitative estimate of drug-likeness (QED) is 0.861. The first-order valence-corrected chi connectivity index (χ1v) is 7.16. The van der Waals surface area contributed by atoms with Crippen LogP contribution in [0.1, 0.15) is 15.9 Å². The first-order valence-electron chi connectivity index (χ1n) is 7.16. The average Bonchev–Trinajstić information content (AvgIpc) is 2.57. The first-order chi connectivity index (χ1) is 11.2. The Kier molecular flexibility index (Phi) is 4.11.